The Bertz CT molecular complexity index is 352. The van der Waals surface area contributed by atoms with Crippen molar-refractivity contribution in [3.63, 3.8) is 0 Å². The van der Waals surface area contributed by atoms with Crippen LogP contribution in [0.3, 0.4) is 0 Å². The maximum absolute atomic E-state index is 11.5. The van der Waals surface area contributed by atoms with E-state index in [0.717, 1.165) is 6.42 Å². The molecule has 0 aromatic heterocycles. The molecule has 94 valence electrons. The lowest BCUT2D eigenvalue weighted by Gasteiger charge is -2.38. The molecule has 1 aliphatic heterocycles. The van der Waals surface area contributed by atoms with Gasteiger partial charge in [0.2, 0.25) is 0 Å². The summed E-state index contributed by atoms with van der Waals surface area (Å²) in [5.74, 6) is -0.813. The van der Waals surface area contributed by atoms with Gasteiger partial charge in [-0.2, -0.15) is 0 Å². The zero-order valence-electron chi connectivity index (χ0n) is 9.72. The average Bonchev–Trinajstić information content (AvgIpc) is 2.14. The van der Waals surface area contributed by atoms with E-state index < -0.39 is 15.8 Å². The van der Waals surface area contributed by atoms with Crippen LogP contribution in [0, 0.1) is 0 Å². The summed E-state index contributed by atoms with van der Waals surface area (Å²) in [5.41, 5.74) is 0. The number of carboxylic acids is 1. The van der Waals surface area contributed by atoms with Gasteiger partial charge in [-0.05, 0) is 13.3 Å². The molecule has 0 aromatic carbocycles. The first-order valence-corrected chi connectivity index (χ1v) is 7.36. The Morgan fingerprint density at radius 1 is 1.56 bits per heavy atom. The quantitative estimate of drug-likeness (QED) is 0.778. The smallest absolute Gasteiger partial charge is 0.304 e. The van der Waals surface area contributed by atoms with E-state index in [-0.39, 0.29) is 30.0 Å². The van der Waals surface area contributed by atoms with Gasteiger partial charge in [-0.1, -0.05) is 6.92 Å². The highest BCUT2D eigenvalue weighted by Crippen LogP contribution is 2.19. The van der Waals surface area contributed by atoms with Gasteiger partial charge in [0.15, 0.2) is 9.84 Å². The SMILES string of the molecule is CCC(C)N1CCS(=O)(=O)CC1CC(=O)O. The first-order valence-electron chi connectivity index (χ1n) is 5.53. The number of sulfone groups is 1. The number of carbonyl (C=O) groups is 1. The molecule has 5 nitrogen and oxygen atoms in total. The van der Waals surface area contributed by atoms with Gasteiger partial charge < -0.3 is 5.11 Å². The number of carboxylic acid groups (broad SMARTS) is 1. The lowest BCUT2D eigenvalue weighted by molar-refractivity contribution is -0.138. The van der Waals surface area contributed by atoms with E-state index in [9.17, 15) is 13.2 Å². The van der Waals surface area contributed by atoms with Gasteiger partial charge in [-0.15, -0.1) is 0 Å². The largest absolute Gasteiger partial charge is 0.481 e. The molecule has 1 heterocycles. The first kappa shape index (κ1) is 13.4. The molecular weight excluding hydrogens is 230 g/mol. The summed E-state index contributed by atoms with van der Waals surface area (Å²) in [6.45, 7) is 4.48. The average molecular weight is 249 g/mol. The van der Waals surface area contributed by atoms with E-state index >= 15 is 0 Å². The van der Waals surface area contributed by atoms with Crippen molar-refractivity contribution in [2.45, 2.75) is 38.8 Å². The third kappa shape index (κ3) is 3.45. The van der Waals surface area contributed by atoms with Crippen molar-refractivity contribution >= 4 is 15.8 Å². The summed E-state index contributed by atoms with van der Waals surface area (Å²) in [6, 6.07) is -0.133. The highest BCUT2D eigenvalue weighted by Gasteiger charge is 2.34. The monoisotopic (exact) mass is 249 g/mol. The molecule has 0 radical (unpaired) electrons. The molecule has 0 saturated carbocycles. The molecule has 1 fully saturated rings. The van der Waals surface area contributed by atoms with Crippen molar-refractivity contribution in [3.8, 4) is 0 Å². The highest BCUT2D eigenvalue weighted by atomic mass is 32.2. The summed E-state index contributed by atoms with van der Waals surface area (Å²) in [6.07, 6.45) is 0.805. The summed E-state index contributed by atoms with van der Waals surface area (Å²) in [4.78, 5) is 12.7. The number of nitrogens with zero attached hydrogens (tertiary/aromatic N) is 1. The fourth-order valence-corrected chi connectivity index (χ4v) is 3.64. The minimum Gasteiger partial charge on any atom is -0.481 e. The van der Waals surface area contributed by atoms with Crippen LogP contribution in [0.2, 0.25) is 0 Å². The van der Waals surface area contributed by atoms with Crippen LogP contribution in [-0.2, 0) is 14.6 Å². The van der Waals surface area contributed by atoms with Gasteiger partial charge in [0.25, 0.3) is 0 Å². The molecule has 0 spiro atoms. The van der Waals surface area contributed by atoms with Crippen LogP contribution in [0.4, 0.5) is 0 Å². The van der Waals surface area contributed by atoms with Crippen LogP contribution in [0.1, 0.15) is 26.7 Å². The van der Waals surface area contributed by atoms with Gasteiger partial charge in [-0.3, -0.25) is 9.69 Å². The number of rotatable bonds is 4. The molecule has 0 bridgehead atoms. The van der Waals surface area contributed by atoms with Gasteiger partial charge in [0.1, 0.15) is 0 Å². The van der Waals surface area contributed by atoms with E-state index in [1.54, 1.807) is 0 Å². The molecule has 1 aliphatic rings. The Morgan fingerprint density at radius 3 is 2.69 bits per heavy atom. The molecule has 2 unspecified atom stereocenters. The predicted octanol–water partition coefficient (Wildman–Crippen LogP) is 0.359. The van der Waals surface area contributed by atoms with Crippen LogP contribution < -0.4 is 0 Å². The highest BCUT2D eigenvalue weighted by molar-refractivity contribution is 7.91. The number of hydrogen-bond acceptors (Lipinski definition) is 4. The molecule has 16 heavy (non-hydrogen) atoms. The van der Waals surface area contributed by atoms with Gasteiger partial charge >= 0.3 is 5.97 Å². The van der Waals surface area contributed by atoms with Crippen LogP contribution in [0.5, 0.6) is 0 Å². The van der Waals surface area contributed by atoms with Crippen molar-refractivity contribution in [1.29, 1.82) is 0 Å². The zero-order valence-corrected chi connectivity index (χ0v) is 10.5. The Hall–Kier alpha value is -0.620. The lowest BCUT2D eigenvalue weighted by Crippen LogP contribution is -2.52. The Morgan fingerprint density at radius 2 is 2.19 bits per heavy atom. The van der Waals surface area contributed by atoms with Crippen molar-refractivity contribution in [2.75, 3.05) is 18.1 Å². The topological polar surface area (TPSA) is 74.7 Å². The molecule has 1 rings (SSSR count). The number of hydrogen-bond donors (Lipinski definition) is 1. The van der Waals surface area contributed by atoms with Gasteiger partial charge in [0.05, 0.1) is 17.9 Å². The Kier molecular flexibility index (Phi) is 4.32. The molecule has 6 heteroatoms. The van der Waals surface area contributed by atoms with E-state index in [1.807, 2.05) is 18.7 Å². The van der Waals surface area contributed by atoms with E-state index in [2.05, 4.69) is 0 Å². The molecule has 0 amide bonds. The normalized spacial score (nSPS) is 27.5. The molecule has 1 saturated heterocycles. The molecule has 2 atom stereocenters. The van der Waals surface area contributed by atoms with Crippen LogP contribution in [0.15, 0.2) is 0 Å². The molecular formula is C10H19NO4S. The summed E-state index contributed by atoms with van der Waals surface area (Å²) in [5, 5.41) is 8.79. The Labute approximate surface area is 96.4 Å². The van der Waals surface area contributed by atoms with Crippen molar-refractivity contribution in [1.82, 2.24) is 4.90 Å². The second kappa shape index (κ2) is 5.14. The van der Waals surface area contributed by atoms with Crippen molar-refractivity contribution in [2.24, 2.45) is 0 Å². The summed E-state index contributed by atoms with van der Waals surface area (Å²) < 4.78 is 23.0. The Balaban J connectivity index is 2.79. The summed E-state index contributed by atoms with van der Waals surface area (Å²) >= 11 is 0. The van der Waals surface area contributed by atoms with Crippen LogP contribution in [0.25, 0.3) is 0 Å². The minimum atomic E-state index is -3.06. The standard InChI is InChI=1S/C10H19NO4S/c1-3-8(2)11-4-5-16(14,15)7-9(11)6-10(12)13/h8-9H,3-7H2,1-2H3,(H,12,13). The van der Waals surface area contributed by atoms with Gasteiger partial charge in [-0.25, -0.2) is 8.42 Å². The maximum Gasteiger partial charge on any atom is 0.304 e. The third-order valence-corrected chi connectivity index (χ3v) is 4.84. The van der Waals surface area contributed by atoms with Crippen LogP contribution >= 0.6 is 0 Å². The van der Waals surface area contributed by atoms with Crippen molar-refractivity contribution in [3.05, 3.63) is 0 Å². The van der Waals surface area contributed by atoms with E-state index in [4.69, 9.17) is 5.11 Å². The van der Waals surface area contributed by atoms with Crippen molar-refractivity contribution < 1.29 is 18.3 Å². The maximum atomic E-state index is 11.5. The zero-order chi connectivity index (χ0) is 12.3. The second-order valence-corrected chi connectivity index (χ2v) is 6.59. The molecule has 0 aromatic rings. The lowest BCUT2D eigenvalue weighted by atomic mass is 10.1. The van der Waals surface area contributed by atoms with Gasteiger partial charge in [0, 0.05) is 18.6 Å². The minimum absolute atomic E-state index is 0.0242. The third-order valence-electron chi connectivity index (χ3n) is 3.14. The predicted molar refractivity (Wildman–Crippen MR) is 61.2 cm³/mol. The van der Waals surface area contributed by atoms with Crippen LogP contribution in [-0.4, -0.2) is 54.5 Å². The van der Waals surface area contributed by atoms with E-state index in [1.165, 1.54) is 0 Å². The fraction of sp³-hybridized carbons (Fsp3) is 0.900. The number of aliphatic carboxylic acids is 1. The first-order chi connectivity index (χ1) is 7.35. The second-order valence-electron chi connectivity index (χ2n) is 4.36. The molecule has 0 aliphatic carbocycles. The molecule has 1 N–H and O–H groups in total. The summed E-state index contributed by atoms with van der Waals surface area (Å²) in [7, 11) is -3.06. The fourth-order valence-electron chi connectivity index (χ4n) is 2.09. The van der Waals surface area contributed by atoms with E-state index in [0.29, 0.717) is 6.54 Å².